The van der Waals surface area contributed by atoms with Crippen molar-refractivity contribution < 1.29 is 0 Å². The molecule has 2 heterocycles. The maximum Gasteiger partial charge on any atom is 0.0397 e. The minimum Gasteiger partial charge on any atom is -0.374 e. The Balaban J connectivity index is 1.60. The molecule has 0 saturated heterocycles. The Morgan fingerprint density at radius 1 is 1.22 bits per heavy atom. The summed E-state index contributed by atoms with van der Waals surface area (Å²) in [5.41, 5.74) is 5.66. The lowest BCUT2D eigenvalue weighted by Crippen LogP contribution is -2.13. The molecule has 3 rings (SSSR count). The van der Waals surface area contributed by atoms with E-state index in [0.717, 1.165) is 19.6 Å². The molecule has 1 aromatic heterocycles. The van der Waals surface area contributed by atoms with Crippen LogP contribution in [0.15, 0.2) is 35.0 Å². The number of nitrogens with zero attached hydrogens (tertiary/aromatic N) is 1. The van der Waals surface area contributed by atoms with Gasteiger partial charge in [-0.3, -0.25) is 0 Å². The van der Waals surface area contributed by atoms with Gasteiger partial charge in [0.2, 0.25) is 0 Å². The predicted octanol–water partition coefficient (Wildman–Crippen LogP) is 3.03. The third-order valence-electron chi connectivity index (χ3n) is 3.51. The lowest BCUT2D eigenvalue weighted by Gasteiger charge is -2.12. The van der Waals surface area contributed by atoms with Crippen molar-refractivity contribution in [3.63, 3.8) is 0 Å². The summed E-state index contributed by atoms with van der Waals surface area (Å²) < 4.78 is 0. The van der Waals surface area contributed by atoms with Crippen LogP contribution in [0.5, 0.6) is 0 Å². The van der Waals surface area contributed by atoms with Crippen LogP contribution >= 0.6 is 11.3 Å². The minimum absolute atomic E-state index is 0.951. The first-order valence-corrected chi connectivity index (χ1v) is 7.32. The van der Waals surface area contributed by atoms with Gasteiger partial charge in [0.15, 0.2) is 0 Å². The van der Waals surface area contributed by atoms with E-state index < -0.39 is 0 Å². The lowest BCUT2D eigenvalue weighted by atomic mass is 10.1. The lowest BCUT2D eigenvalue weighted by molar-refractivity contribution is 0.694. The maximum absolute atomic E-state index is 3.50. The van der Waals surface area contributed by atoms with Gasteiger partial charge in [-0.05, 0) is 46.0 Å². The number of hydrogen-bond acceptors (Lipinski definition) is 3. The molecule has 0 fully saturated rings. The second kappa shape index (κ2) is 5.12. The van der Waals surface area contributed by atoms with E-state index in [9.17, 15) is 0 Å². The number of likely N-dealkylation sites (N-methyl/N-ethyl adjacent to an activating group) is 1. The Bertz CT molecular complexity index is 519. The highest BCUT2D eigenvalue weighted by atomic mass is 32.1. The zero-order valence-corrected chi connectivity index (χ0v) is 11.5. The normalized spacial score (nSPS) is 13.9. The Hall–Kier alpha value is -1.32. The molecule has 1 aliphatic heterocycles. The van der Waals surface area contributed by atoms with Crippen LogP contribution in [0.4, 0.5) is 5.69 Å². The van der Waals surface area contributed by atoms with E-state index in [1.165, 1.54) is 28.8 Å². The fraction of sp³-hybridized carbons (Fsp3) is 0.333. The highest BCUT2D eigenvalue weighted by molar-refractivity contribution is 7.07. The zero-order chi connectivity index (χ0) is 12.4. The van der Waals surface area contributed by atoms with E-state index in [-0.39, 0.29) is 0 Å². The SMILES string of the molecule is CN1CCc2cc(CNCc3ccsc3)ccc21. The molecule has 3 heteroatoms. The van der Waals surface area contributed by atoms with E-state index in [1.54, 1.807) is 11.3 Å². The Morgan fingerprint density at radius 2 is 2.11 bits per heavy atom. The Morgan fingerprint density at radius 3 is 2.94 bits per heavy atom. The summed E-state index contributed by atoms with van der Waals surface area (Å²) in [6.45, 7) is 3.06. The van der Waals surface area contributed by atoms with E-state index in [2.05, 4.69) is 52.3 Å². The number of thiophene rings is 1. The smallest absolute Gasteiger partial charge is 0.0397 e. The van der Waals surface area contributed by atoms with Gasteiger partial charge < -0.3 is 10.2 Å². The summed E-state index contributed by atoms with van der Waals surface area (Å²) in [6.07, 6.45) is 1.18. The van der Waals surface area contributed by atoms with Gasteiger partial charge in [0.25, 0.3) is 0 Å². The molecule has 1 aliphatic rings. The van der Waals surface area contributed by atoms with Gasteiger partial charge >= 0.3 is 0 Å². The molecule has 0 aliphatic carbocycles. The molecule has 0 unspecified atom stereocenters. The van der Waals surface area contributed by atoms with E-state index in [1.807, 2.05) is 0 Å². The van der Waals surface area contributed by atoms with Gasteiger partial charge in [0, 0.05) is 32.4 Å². The van der Waals surface area contributed by atoms with Crippen LogP contribution in [0.1, 0.15) is 16.7 Å². The van der Waals surface area contributed by atoms with Crippen LogP contribution < -0.4 is 10.2 Å². The third-order valence-corrected chi connectivity index (χ3v) is 4.24. The first-order chi connectivity index (χ1) is 8.83. The predicted molar refractivity (Wildman–Crippen MR) is 78.3 cm³/mol. The highest BCUT2D eigenvalue weighted by Gasteiger charge is 2.15. The quantitative estimate of drug-likeness (QED) is 0.907. The number of anilines is 1. The van der Waals surface area contributed by atoms with Crippen molar-refractivity contribution in [2.75, 3.05) is 18.5 Å². The van der Waals surface area contributed by atoms with Gasteiger partial charge in [-0.15, -0.1) is 0 Å². The standard InChI is InChI=1S/C15H18N2S/c1-17-6-4-14-8-12(2-3-15(14)17)9-16-10-13-5-7-18-11-13/h2-3,5,7-8,11,16H,4,6,9-10H2,1H3. The molecule has 1 N–H and O–H groups in total. The number of benzene rings is 1. The molecule has 18 heavy (non-hydrogen) atoms. The first kappa shape index (κ1) is 11.8. The van der Waals surface area contributed by atoms with Crippen LogP contribution in [-0.2, 0) is 19.5 Å². The number of nitrogens with one attached hydrogen (secondary N) is 1. The number of fused-ring (bicyclic) bond motifs is 1. The van der Waals surface area contributed by atoms with Crippen LogP contribution in [0.25, 0.3) is 0 Å². The fourth-order valence-corrected chi connectivity index (χ4v) is 3.14. The van der Waals surface area contributed by atoms with E-state index in [0.29, 0.717) is 0 Å². The summed E-state index contributed by atoms with van der Waals surface area (Å²) in [7, 11) is 2.17. The van der Waals surface area contributed by atoms with Crippen molar-refractivity contribution in [2.45, 2.75) is 19.5 Å². The number of hydrogen-bond donors (Lipinski definition) is 1. The Labute approximate surface area is 112 Å². The second-order valence-electron chi connectivity index (χ2n) is 4.87. The number of rotatable bonds is 4. The van der Waals surface area contributed by atoms with Gasteiger partial charge in [0.05, 0.1) is 0 Å². The van der Waals surface area contributed by atoms with Crippen LogP contribution in [0, 0.1) is 0 Å². The fourth-order valence-electron chi connectivity index (χ4n) is 2.47. The molecule has 1 aromatic carbocycles. The summed E-state index contributed by atoms with van der Waals surface area (Å²) in [5, 5.41) is 7.83. The monoisotopic (exact) mass is 258 g/mol. The molecule has 2 nitrogen and oxygen atoms in total. The van der Waals surface area contributed by atoms with Gasteiger partial charge in [-0.25, -0.2) is 0 Å². The molecular weight excluding hydrogens is 240 g/mol. The van der Waals surface area contributed by atoms with Gasteiger partial charge in [-0.2, -0.15) is 11.3 Å². The molecule has 0 saturated carbocycles. The van der Waals surface area contributed by atoms with Crippen molar-refractivity contribution in [3.8, 4) is 0 Å². The van der Waals surface area contributed by atoms with E-state index >= 15 is 0 Å². The third kappa shape index (κ3) is 2.42. The van der Waals surface area contributed by atoms with Crippen molar-refractivity contribution >= 4 is 17.0 Å². The summed E-state index contributed by atoms with van der Waals surface area (Å²) in [6, 6.07) is 9.01. The average Bonchev–Trinajstić information content (AvgIpc) is 3.00. The molecule has 0 bridgehead atoms. The van der Waals surface area contributed by atoms with Crippen LogP contribution in [-0.4, -0.2) is 13.6 Å². The average molecular weight is 258 g/mol. The van der Waals surface area contributed by atoms with Crippen molar-refractivity contribution in [3.05, 3.63) is 51.7 Å². The molecular formula is C15H18N2S. The topological polar surface area (TPSA) is 15.3 Å². The minimum atomic E-state index is 0.951. The van der Waals surface area contributed by atoms with Crippen molar-refractivity contribution in [1.82, 2.24) is 5.32 Å². The van der Waals surface area contributed by atoms with Crippen molar-refractivity contribution in [1.29, 1.82) is 0 Å². The first-order valence-electron chi connectivity index (χ1n) is 6.37. The summed E-state index contributed by atoms with van der Waals surface area (Å²) in [5.74, 6) is 0. The van der Waals surface area contributed by atoms with Gasteiger partial charge in [-0.1, -0.05) is 12.1 Å². The maximum atomic E-state index is 3.50. The molecule has 94 valence electrons. The Kier molecular flexibility index (Phi) is 3.35. The summed E-state index contributed by atoms with van der Waals surface area (Å²) >= 11 is 1.76. The van der Waals surface area contributed by atoms with Gasteiger partial charge in [0.1, 0.15) is 0 Å². The largest absolute Gasteiger partial charge is 0.374 e. The van der Waals surface area contributed by atoms with E-state index in [4.69, 9.17) is 0 Å². The van der Waals surface area contributed by atoms with Crippen LogP contribution in [0.2, 0.25) is 0 Å². The summed E-state index contributed by atoms with van der Waals surface area (Å²) in [4.78, 5) is 2.33. The zero-order valence-electron chi connectivity index (χ0n) is 10.6. The molecule has 2 aromatic rings. The van der Waals surface area contributed by atoms with Crippen molar-refractivity contribution in [2.24, 2.45) is 0 Å². The molecule has 0 spiro atoms. The molecule has 0 amide bonds. The second-order valence-corrected chi connectivity index (χ2v) is 5.65. The highest BCUT2D eigenvalue weighted by Crippen LogP contribution is 2.27. The molecule has 0 radical (unpaired) electrons. The molecule has 0 atom stereocenters. The van der Waals surface area contributed by atoms with Crippen LogP contribution in [0.3, 0.4) is 0 Å².